The van der Waals surface area contributed by atoms with Gasteiger partial charge in [-0.15, -0.1) is 0 Å². The van der Waals surface area contributed by atoms with E-state index in [1.807, 2.05) is 26.0 Å². The third-order valence-corrected chi connectivity index (χ3v) is 2.31. The summed E-state index contributed by atoms with van der Waals surface area (Å²) in [6, 6.07) is 3.85. The number of nitrogens with two attached hydrogens (primary N) is 1. The van der Waals surface area contributed by atoms with Gasteiger partial charge in [0.25, 0.3) is 0 Å². The molecule has 0 spiro atoms. The van der Waals surface area contributed by atoms with Crippen LogP contribution < -0.4 is 10.5 Å². The number of nitrogen functional groups attached to an aromatic ring is 1. The smallest absolute Gasteiger partial charge is 0.125 e. The molecule has 1 rings (SSSR count). The molecule has 3 heteroatoms. The third kappa shape index (κ3) is 3.74. The summed E-state index contributed by atoms with van der Waals surface area (Å²) in [6.07, 6.45) is 1.04. The summed E-state index contributed by atoms with van der Waals surface area (Å²) < 4.78 is 11.0. The quantitative estimate of drug-likeness (QED) is 0.595. The van der Waals surface area contributed by atoms with Crippen molar-refractivity contribution in [3.8, 4) is 5.75 Å². The topological polar surface area (TPSA) is 44.5 Å². The summed E-state index contributed by atoms with van der Waals surface area (Å²) >= 11 is 0. The van der Waals surface area contributed by atoms with Gasteiger partial charge < -0.3 is 15.2 Å². The van der Waals surface area contributed by atoms with Gasteiger partial charge >= 0.3 is 0 Å². The summed E-state index contributed by atoms with van der Waals surface area (Å²) in [6.45, 7) is 8.12. The molecule has 1 aromatic carbocycles. The van der Waals surface area contributed by atoms with E-state index in [9.17, 15) is 0 Å². The van der Waals surface area contributed by atoms with E-state index in [-0.39, 0.29) is 0 Å². The molecule has 1 aromatic rings. The van der Waals surface area contributed by atoms with Crippen molar-refractivity contribution in [3.05, 3.63) is 23.3 Å². The molecule has 0 amide bonds. The number of hydrogen-bond donors (Lipinski definition) is 1. The number of hydrogen-bond acceptors (Lipinski definition) is 3. The molecular formula is C13H21NO2. The van der Waals surface area contributed by atoms with Crippen LogP contribution in [0.25, 0.3) is 0 Å². The molecule has 0 aromatic heterocycles. The van der Waals surface area contributed by atoms with E-state index in [2.05, 4.69) is 6.92 Å². The van der Waals surface area contributed by atoms with Crippen molar-refractivity contribution in [1.29, 1.82) is 0 Å². The molecule has 0 aliphatic heterocycles. The van der Waals surface area contributed by atoms with Gasteiger partial charge in [-0.2, -0.15) is 0 Å². The maximum Gasteiger partial charge on any atom is 0.125 e. The van der Waals surface area contributed by atoms with Crippen LogP contribution in [0.4, 0.5) is 5.69 Å². The SMILES string of the molecule is CCCOCCOc1c(C)cc(N)cc1C. The summed E-state index contributed by atoms with van der Waals surface area (Å²) in [5.74, 6) is 0.925. The van der Waals surface area contributed by atoms with Crippen LogP contribution in [0.3, 0.4) is 0 Å². The van der Waals surface area contributed by atoms with Crippen LogP contribution in [0.1, 0.15) is 24.5 Å². The van der Waals surface area contributed by atoms with Gasteiger partial charge in [0.05, 0.1) is 6.61 Å². The van der Waals surface area contributed by atoms with E-state index in [4.69, 9.17) is 15.2 Å². The molecule has 0 atom stereocenters. The number of ether oxygens (including phenoxy) is 2. The Balaban J connectivity index is 2.47. The van der Waals surface area contributed by atoms with Crippen molar-refractivity contribution in [2.45, 2.75) is 27.2 Å². The monoisotopic (exact) mass is 223 g/mol. The Labute approximate surface area is 97.6 Å². The fraction of sp³-hybridized carbons (Fsp3) is 0.538. The third-order valence-electron chi connectivity index (χ3n) is 2.31. The molecule has 0 fully saturated rings. The molecule has 0 aliphatic carbocycles. The van der Waals surface area contributed by atoms with Crippen molar-refractivity contribution in [2.75, 3.05) is 25.6 Å². The van der Waals surface area contributed by atoms with Gasteiger partial charge in [-0.05, 0) is 43.5 Å². The summed E-state index contributed by atoms with van der Waals surface area (Å²) in [5.41, 5.74) is 8.68. The Morgan fingerprint density at radius 1 is 1.06 bits per heavy atom. The minimum atomic E-state index is 0.589. The van der Waals surface area contributed by atoms with Gasteiger partial charge in [0, 0.05) is 12.3 Å². The molecule has 0 heterocycles. The maximum atomic E-state index is 5.74. The average molecular weight is 223 g/mol. The van der Waals surface area contributed by atoms with E-state index in [0.717, 1.165) is 35.6 Å². The molecule has 16 heavy (non-hydrogen) atoms. The van der Waals surface area contributed by atoms with E-state index < -0.39 is 0 Å². The molecule has 0 radical (unpaired) electrons. The predicted octanol–water partition coefficient (Wildman–Crippen LogP) is 2.69. The highest BCUT2D eigenvalue weighted by Crippen LogP contribution is 2.25. The normalized spacial score (nSPS) is 10.4. The van der Waals surface area contributed by atoms with Crippen LogP contribution in [0.15, 0.2) is 12.1 Å². The summed E-state index contributed by atoms with van der Waals surface area (Å²) in [4.78, 5) is 0. The van der Waals surface area contributed by atoms with Gasteiger partial charge in [-0.3, -0.25) is 0 Å². The van der Waals surface area contributed by atoms with E-state index >= 15 is 0 Å². The first-order chi connectivity index (χ1) is 7.65. The Kier molecular flexibility index (Phi) is 5.12. The lowest BCUT2D eigenvalue weighted by Crippen LogP contribution is -2.08. The van der Waals surface area contributed by atoms with E-state index in [0.29, 0.717) is 13.2 Å². The Bertz CT molecular complexity index is 314. The van der Waals surface area contributed by atoms with Gasteiger partial charge in [0.15, 0.2) is 0 Å². The Morgan fingerprint density at radius 3 is 2.25 bits per heavy atom. The molecule has 2 N–H and O–H groups in total. The van der Waals surface area contributed by atoms with Crippen LogP contribution in [0.5, 0.6) is 5.75 Å². The zero-order chi connectivity index (χ0) is 12.0. The zero-order valence-corrected chi connectivity index (χ0v) is 10.4. The molecule has 3 nitrogen and oxygen atoms in total. The second-order valence-electron chi connectivity index (χ2n) is 3.94. The van der Waals surface area contributed by atoms with Gasteiger partial charge in [-0.25, -0.2) is 0 Å². The standard InChI is InChI=1S/C13H21NO2/c1-4-5-15-6-7-16-13-10(2)8-12(14)9-11(13)3/h8-9H,4-7,14H2,1-3H3. The molecule has 0 bridgehead atoms. The first kappa shape index (κ1) is 12.8. The van der Waals surface area contributed by atoms with Crippen LogP contribution in [0, 0.1) is 13.8 Å². The molecule has 90 valence electrons. The maximum absolute atomic E-state index is 5.74. The highest BCUT2D eigenvalue weighted by atomic mass is 16.5. The van der Waals surface area contributed by atoms with Crippen molar-refractivity contribution in [1.82, 2.24) is 0 Å². The first-order valence-electron chi connectivity index (χ1n) is 5.72. The van der Waals surface area contributed by atoms with Crippen LogP contribution in [-0.4, -0.2) is 19.8 Å². The zero-order valence-electron chi connectivity index (χ0n) is 10.4. The highest BCUT2D eigenvalue weighted by Gasteiger charge is 2.04. The minimum Gasteiger partial charge on any atom is -0.491 e. The lowest BCUT2D eigenvalue weighted by molar-refractivity contribution is 0.100. The molecule has 0 unspecified atom stereocenters. The Hall–Kier alpha value is -1.22. The highest BCUT2D eigenvalue weighted by molar-refractivity contribution is 5.52. The Morgan fingerprint density at radius 2 is 1.69 bits per heavy atom. The lowest BCUT2D eigenvalue weighted by atomic mass is 10.1. The average Bonchev–Trinajstić information content (AvgIpc) is 2.20. The first-order valence-corrected chi connectivity index (χ1v) is 5.72. The van der Waals surface area contributed by atoms with E-state index in [1.54, 1.807) is 0 Å². The number of benzene rings is 1. The van der Waals surface area contributed by atoms with Gasteiger partial charge in [0.1, 0.15) is 12.4 Å². The van der Waals surface area contributed by atoms with Crippen molar-refractivity contribution in [3.63, 3.8) is 0 Å². The fourth-order valence-electron chi connectivity index (χ4n) is 1.66. The number of aryl methyl sites for hydroxylation is 2. The van der Waals surface area contributed by atoms with E-state index in [1.165, 1.54) is 0 Å². The van der Waals surface area contributed by atoms with Crippen LogP contribution >= 0.6 is 0 Å². The number of rotatable bonds is 6. The van der Waals surface area contributed by atoms with Crippen molar-refractivity contribution >= 4 is 5.69 Å². The second kappa shape index (κ2) is 6.38. The molecule has 0 saturated heterocycles. The van der Waals surface area contributed by atoms with Gasteiger partial charge in [0.2, 0.25) is 0 Å². The minimum absolute atomic E-state index is 0.589. The molecular weight excluding hydrogens is 202 g/mol. The largest absolute Gasteiger partial charge is 0.491 e. The van der Waals surface area contributed by atoms with Crippen LogP contribution in [0.2, 0.25) is 0 Å². The van der Waals surface area contributed by atoms with Gasteiger partial charge in [-0.1, -0.05) is 6.92 Å². The van der Waals surface area contributed by atoms with Crippen molar-refractivity contribution in [2.24, 2.45) is 0 Å². The number of anilines is 1. The summed E-state index contributed by atoms with van der Waals surface area (Å²) in [5, 5.41) is 0. The molecule has 0 saturated carbocycles. The fourth-order valence-corrected chi connectivity index (χ4v) is 1.66. The lowest BCUT2D eigenvalue weighted by Gasteiger charge is -2.12. The predicted molar refractivity (Wildman–Crippen MR) is 66.9 cm³/mol. The second-order valence-corrected chi connectivity index (χ2v) is 3.94. The van der Waals surface area contributed by atoms with Crippen molar-refractivity contribution < 1.29 is 9.47 Å². The van der Waals surface area contributed by atoms with Crippen LogP contribution in [-0.2, 0) is 4.74 Å². The summed E-state index contributed by atoms with van der Waals surface area (Å²) in [7, 11) is 0. The molecule has 0 aliphatic rings.